The molecule has 246 valence electrons. The van der Waals surface area contributed by atoms with Gasteiger partial charge in [0.05, 0.1) is 17.3 Å². The number of para-hydroxylation sites is 3. The van der Waals surface area contributed by atoms with E-state index in [0.29, 0.717) is 0 Å². The maximum atomic E-state index is 6.70. The van der Waals surface area contributed by atoms with Gasteiger partial charge in [0, 0.05) is 65.6 Å². The summed E-state index contributed by atoms with van der Waals surface area (Å²) in [5, 5.41) is 3.95. The molecular formula is C48H32N2OS. The van der Waals surface area contributed by atoms with Gasteiger partial charge in [-0.3, -0.25) is 0 Å². The topological polar surface area (TPSA) is 17.4 Å². The fourth-order valence-corrected chi connectivity index (χ4v) is 10.6. The molecule has 2 aliphatic heterocycles. The first kappa shape index (κ1) is 28.6. The van der Waals surface area contributed by atoms with Gasteiger partial charge >= 0.3 is 0 Å². The molecule has 0 amide bonds. The van der Waals surface area contributed by atoms with Crippen LogP contribution in [0, 0.1) is 0 Å². The first-order valence-electron chi connectivity index (χ1n) is 18.2. The van der Waals surface area contributed by atoms with E-state index in [1.54, 1.807) is 0 Å². The highest BCUT2D eigenvalue weighted by Crippen LogP contribution is 2.57. The van der Waals surface area contributed by atoms with Gasteiger partial charge in [-0.05, 0) is 77.4 Å². The highest BCUT2D eigenvalue weighted by molar-refractivity contribution is 7.25. The van der Waals surface area contributed by atoms with E-state index in [1.165, 1.54) is 81.7 Å². The Labute approximate surface area is 305 Å². The lowest BCUT2D eigenvalue weighted by atomic mass is 9.85. The molecule has 52 heavy (non-hydrogen) atoms. The molecule has 0 radical (unpaired) electrons. The van der Waals surface area contributed by atoms with E-state index in [-0.39, 0.29) is 24.0 Å². The SMILES string of the molecule is C1=CC2c3cc(-n4c5c(c6ccccc64)C=CC4c6ccccc6N(c6ccccc6)C54)ccc3OC2C=C1c1ccc2c(c1)sc1ccccc12. The van der Waals surface area contributed by atoms with Gasteiger partial charge in [-0.15, -0.1) is 11.3 Å². The van der Waals surface area contributed by atoms with Crippen LogP contribution >= 0.6 is 11.3 Å². The van der Waals surface area contributed by atoms with Crippen LogP contribution < -0.4 is 9.64 Å². The van der Waals surface area contributed by atoms with Crippen LogP contribution in [0.2, 0.25) is 0 Å². The van der Waals surface area contributed by atoms with Crippen molar-refractivity contribution >= 4 is 65.4 Å². The molecule has 0 saturated heterocycles. The second-order valence-corrected chi connectivity index (χ2v) is 15.5. The Morgan fingerprint density at radius 1 is 0.577 bits per heavy atom. The van der Waals surface area contributed by atoms with Crippen LogP contribution in [-0.4, -0.2) is 10.7 Å². The zero-order chi connectivity index (χ0) is 33.9. The molecule has 0 N–H and O–H groups in total. The average Bonchev–Trinajstić information content (AvgIpc) is 3.95. The number of hydrogen-bond donors (Lipinski definition) is 0. The maximum Gasteiger partial charge on any atom is 0.128 e. The van der Waals surface area contributed by atoms with Crippen molar-refractivity contribution in [3.05, 3.63) is 192 Å². The van der Waals surface area contributed by atoms with E-state index >= 15 is 0 Å². The van der Waals surface area contributed by atoms with E-state index in [0.717, 1.165) is 5.75 Å². The van der Waals surface area contributed by atoms with Gasteiger partial charge in [0.25, 0.3) is 0 Å². The number of hydrogen-bond acceptors (Lipinski definition) is 3. The molecule has 2 aliphatic carbocycles. The molecule has 4 heterocycles. The number of fused-ring (bicyclic) bond motifs is 13. The van der Waals surface area contributed by atoms with Crippen LogP contribution in [-0.2, 0) is 0 Å². The van der Waals surface area contributed by atoms with Crippen LogP contribution in [0.15, 0.2) is 164 Å². The van der Waals surface area contributed by atoms with Crippen LogP contribution in [0.1, 0.15) is 45.8 Å². The minimum Gasteiger partial charge on any atom is -0.485 e. The second kappa shape index (κ2) is 10.7. The predicted molar refractivity (Wildman–Crippen MR) is 216 cm³/mol. The molecule has 0 spiro atoms. The monoisotopic (exact) mass is 684 g/mol. The Morgan fingerprint density at radius 3 is 2.31 bits per heavy atom. The predicted octanol–water partition coefficient (Wildman–Crippen LogP) is 12.5. The van der Waals surface area contributed by atoms with Crippen molar-refractivity contribution in [2.75, 3.05) is 4.90 Å². The summed E-state index contributed by atoms with van der Waals surface area (Å²) in [6.07, 6.45) is 11.8. The fourth-order valence-electron chi connectivity index (χ4n) is 9.42. The standard InChI is InChI=1S/C48H32N2OS/c1-2-10-31(11-3-1)49-41-15-7-4-12-33(41)38-23-24-39-34-13-5-8-16-42(34)50(48(39)47(38)49)32-20-25-43-40(28-32)35-21-18-29(26-44(35)51-43)30-19-22-37-36-14-6-9-17-45(36)52-46(37)27-30/h1-28,35,38,44,47H. The smallest absolute Gasteiger partial charge is 0.128 e. The Bertz CT molecular complexity index is 2870. The van der Waals surface area contributed by atoms with Crippen molar-refractivity contribution in [2.45, 2.75) is 24.0 Å². The Balaban J connectivity index is 0.965. The van der Waals surface area contributed by atoms with Crippen molar-refractivity contribution in [3.8, 4) is 11.4 Å². The number of thiophene rings is 1. The largest absolute Gasteiger partial charge is 0.485 e. The van der Waals surface area contributed by atoms with Crippen LogP contribution in [0.25, 0.3) is 48.4 Å². The number of nitrogens with zero attached hydrogens (tertiary/aromatic N) is 2. The third kappa shape index (κ3) is 3.96. The third-order valence-corrected chi connectivity index (χ3v) is 12.8. The molecule has 2 aromatic heterocycles. The Kier molecular flexibility index (Phi) is 5.88. The molecule has 12 rings (SSSR count). The minimum absolute atomic E-state index is 0.0381. The number of benzene rings is 6. The van der Waals surface area contributed by atoms with Crippen LogP contribution in [0.5, 0.6) is 5.75 Å². The lowest BCUT2D eigenvalue weighted by Gasteiger charge is -2.33. The van der Waals surface area contributed by atoms with E-state index in [4.69, 9.17) is 4.74 Å². The summed E-state index contributed by atoms with van der Waals surface area (Å²) in [6.45, 7) is 0. The van der Waals surface area contributed by atoms with E-state index in [1.807, 2.05) is 11.3 Å². The van der Waals surface area contributed by atoms with Gasteiger partial charge in [-0.2, -0.15) is 0 Å². The van der Waals surface area contributed by atoms with Gasteiger partial charge < -0.3 is 14.2 Å². The average molecular weight is 685 g/mol. The molecule has 3 nitrogen and oxygen atoms in total. The van der Waals surface area contributed by atoms with Crippen LogP contribution in [0.3, 0.4) is 0 Å². The Hall–Kier alpha value is -6.10. The number of anilines is 2. The van der Waals surface area contributed by atoms with Gasteiger partial charge in [-0.25, -0.2) is 0 Å². The summed E-state index contributed by atoms with van der Waals surface area (Å²) >= 11 is 1.87. The molecular weight excluding hydrogens is 653 g/mol. The fraction of sp³-hybridized carbons (Fsp3) is 0.0833. The van der Waals surface area contributed by atoms with E-state index in [9.17, 15) is 0 Å². The number of allylic oxidation sites excluding steroid dienone is 2. The summed E-state index contributed by atoms with van der Waals surface area (Å²) in [5.74, 6) is 1.38. The van der Waals surface area contributed by atoms with E-state index < -0.39 is 0 Å². The zero-order valence-corrected chi connectivity index (χ0v) is 29.0. The summed E-state index contributed by atoms with van der Waals surface area (Å²) in [7, 11) is 0. The van der Waals surface area contributed by atoms with Crippen LogP contribution in [0.4, 0.5) is 11.4 Å². The highest BCUT2D eigenvalue weighted by atomic mass is 32.1. The van der Waals surface area contributed by atoms with Crippen molar-refractivity contribution in [1.82, 2.24) is 4.57 Å². The lowest BCUT2D eigenvalue weighted by molar-refractivity contribution is 0.269. The molecule has 4 atom stereocenters. The second-order valence-electron chi connectivity index (χ2n) is 14.4. The van der Waals surface area contributed by atoms with Crippen molar-refractivity contribution in [3.63, 3.8) is 0 Å². The first-order valence-corrected chi connectivity index (χ1v) is 19.0. The van der Waals surface area contributed by atoms with E-state index in [2.05, 4.69) is 179 Å². The number of rotatable bonds is 3. The summed E-state index contributed by atoms with van der Waals surface area (Å²) in [4.78, 5) is 2.57. The summed E-state index contributed by atoms with van der Waals surface area (Å²) in [5.41, 5.74) is 12.6. The molecule has 4 unspecified atom stereocenters. The summed E-state index contributed by atoms with van der Waals surface area (Å²) in [6, 6.07) is 51.3. The number of aromatic nitrogens is 1. The Morgan fingerprint density at radius 2 is 1.37 bits per heavy atom. The third-order valence-electron chi connectivity index (χ3n) is 11.7. The molecule has 4 aliphatic rings. The molecule has 6 aromatic carbocycles. The molecule has 4 heteroatoms. The van der Waals surface area contributed by atoms with Gasteiger partial charge in [0.1, 0.15) is 11.9 Å². The number of ether oxygens (including phenoxy) is 1. The zero-order valence-electron chi connectivity index (χ0n) is 28.2. The molecule has 8 aromatic rings. The van der Waals surface area contributed by atoms with Gasteiger partial charge in [0.15, 0.2) is 0 Å². The van der Waals surface area contributed by atoms with Gasteiger partial charge in [-0.1, -0.05) is 109 Å². The maximum absolute atomic E-state index is 6.70. The normalized spacial score (nSPS) is 20.8. The quantitative estimate of drug-likeness (QED) is 0.184. The first-order chi connectivity index (χ1) is 25.8. The molecule has 0 bridgehead atoms. The van der Waals surface area contributed by atoms with Crippen molar-refractivity contribution in [1.29, 1.82) is 0 Å². The summed E-state index contributed by atoms with van der Waals surface area (Å²) < 4.78 is 11.9. The minimum atomic E-state index is -0.0381. The molecule has 0 saturated carbocycles. The molecule has 0 fully saturated rings. The highest BCUT2D eigenvalue weighted by Gasteiger charge is 2.44. The lowest BCUT2D eigenvalue weighted by Crippen LogP contribution is -2.26. The van der Waals surface area contributed by atoms with Crippen molar-refractivity contribution < 1.29 is 4.74 Å². The van der Waals surface area contributed by atoms with Crippen molar-refractivity contribution in [2.24, 2.45) is 0 Å². The van der Waals surface area contributed by atoms with Gasteiger partial charge in [0.2, 0.25) is 0 Å².